The van der Waals surface area contributed by atoms with Gasteiger partial charge in [0.2, 0.25) is 6.79 Å². The van der Waals surface area contributed by atoms with Gasteiger partial charge in [-0.1, -0.05) is 6.07 Å². The molecular weight excluding hydrogens is 260 g/mol. The zero-order valence-electron chi connectivity index (χ0n) is 10.5. The lowest BCUT2D eigenvalue weighted by Gasteiger charge is -2.07. The topological polar surface area (TPSA) is 69.7 Å². The highest BCUT2D eigenvalue weighted by molar-refractivity contribution is 5.90. The number of amides is 1. The number of benzene rings is 1. The number of fused-ring (bicyclic) bond motifs is 1. The van der Waals surface area contributed by atoms with Crippen LogP contribution in [0.1, 0.15) is 0 Å². The van der Waals surface area contributed by atoms with Gasteiger partial charge in [0.05, 0.1) is 0 Å². The Labute approximate surface area is 115 Å². The molecule has 0 fully saturated rings. The van der Waals surface area contributed by atoms with Crippen LogP contribution in [0.15, 0.2) is 42.6 Å². The van der Waals surface area contributed by atoms with E-state index in [2.05, 4.69) is 10.3 Å². The summed E-state index contributed by atoms with van der Waals surface area (Å²) in [7, 11) is 0. The number of nitrogens with zero attached hydrogens (tertiary/aromatic N) is 1. The summed E-state index contributed by atoms with van der Waals surface area (Å²) >= 11 is 0. The van der Waals surface area contributed by atoms with Gasteiger partial charge in [-0.25, -0.2) is 4.98 Å². The van der Waals surface area contributed by atoms with Crippen LogP contribution in [-0.2, 0) is 4.79 Å². The first-order chi connectivity index (χ1) is 9.81. The van der Waals surface area contributed by atoms with Crippen molar-refractivity contribution in [2.75, 3.05) is 18.7 Å². The highest BCUT2D eigenvalue weighted by Crippen LogP contribution is 2.34. The standard InChI is InChI=1S/C14H12N2O4/c17-14(16-13-3-1-2-6-15-13)8-18-10-4-5-11-12(7-10)20-9-19-11/h1-7H,8-9H2,(H,15,16,17). The summed E-state index contributed by atoms with van der Waals surface area (Å²) in [5, 5.41) is 2.63. The van der Waals surface area contributed by atoms with E-state index in [0.717, 1.165) is 0 Å². The van der Waals surface area contributed by atoms with Crippen molar-refractivity contribution < 1.29 is 19.0 Å². The minimum absolute atomic E-state index is 0.101. The van der Waals surface area contributed by atoms with Crippen LogP contribution < -0.4 is 19.5 Å². The van der Waals surface area contributed by atoms with Crippen molar-refractivity contribution in [1.82, 2.24) is 4.98 Å². The molecule has 1 amide bonds. The van der Waals surface area contributed by atoms with Gasteiger partial charge < -0.3 is 19.5 Å². The maximum Gasteiger partial charge on any atom is 0.263 e. The molecule has 0 saturated heterocycles. The van der Waals surface area contributed by atoms with E-state index >= 15 is 0 Å². The Hall–Kier alpha value is -2.76. The summed E-state index contributed by atoms with van der Waals surface area (Å²) in [6, 6.07) is 10.4. The fourth-order valence-electron chi connectivity index (χ4n) is 1.73. The molecule has 2 heterocycles. The maximum atomic E-state index is 11.7. The van der Waals surface area contributed by atoms with E-state index in [1.807, 2.05) is 0 Å². The summed E-state index contributed by atoms with van der Waals surface area (Å²) in [6.07, 6.45) is 1.61. The van der Waals surface area contributed by atoms with Crippen molar-refractivity contribution in [2.24, 2.45) is 0 Å². The second-order valence-corrected chi connectivity index (χ2v) is 4.07. The van der Waals surface area contributed by atoms with Crippen molar-refractivity contribution in [2.45, 2.75) is 0 Å². The summed E-state index contributed by atoms with van der Waals surface area (Å²) in [5.41, 5.74) is 0. The first kappa shape index (κ1) is 12.3. The number of carbonyl (C=O) groups excluding carboxylic acids is 1. The van der Waals surface area contributed by atoms with Gasteiger partial charge in [0.1, 0.15) is 11.6 Å². The lowest BCUT2D eigenvalue weighted by molar-refractivity contribution is -0.118. The molecule has 102 valence electrons. The maximum absolute atomic E-state index is 11.7. The van der Waals surface area contributed by atoms with Crippen LogP contribution in [0.2, 0.25) is 0 Å². The summed E-state index contributed by atoms with van der Waals surface area (Å²) in [5.74, 6) is 2.06. The van der Waals surface area contributed by atoms with E-state index in [0.29, 0.717) is 23.1 Å². The predicted molar refractivity (Wildman–Crippen MR) is 70.9 cm³/mol. The van der Waals surface area contributed by atoms with E-state index in [4.69, 9.17) is 14.2 Å². The molecular formula is C14H12N2O4. The summed E-state index contributed by atoms with van der Waals surface area (Å²) in [6.45, 7) is 0.106. The Morgan fingerprint density at radius 2 is 2.15 bits per heavy atom. The lowest BCUT2D eigenvalue weighted by Crippen LogP contribution is -2.20. The predicted octanol–water partition coefficient (Wildman–Crippen LogP) is 1.83. The molecule has 0 spiro atoms. The molecule has 1 aromatic heterocycles. The third kappa shape index (κ3) is 2.80. The van der Waals surface area contributed by atoms with Crippen LogP contribution >= 0.6 is 0 Å². The van der Waals surface area contributed by atoms with Gasteiger partial charge in [-0.2, -0.15) is 0 Å². The number of ether oxygens (including phenoxy) is 3. The third-order valence-corrected chi connectivity index (χ3v) is 2.65. The first-order valence-electron chi connectivity index (χ1n) is 6.04. The number of anilines is 1. The number of hydrogen-bond donors (Lipinski definition) is 1. The van der Waals surface area contributed by atoms with Gasteiger partial charge in [-0.05, 0) is 24.3 Å². The summed E-state index contributed by atoms with van der Waals surface area (Å²) in [4.78, 5) is 15.7. The first-order valence-corrected chi connectivity index (χ1v) is 6.04. The van der Waals surface area contributed by atoms with Gasteiger partial charge in [-0.15, -0.1) is 0 Å². The van der Waals surface area contributed by atoms with Crippen LogP contribution in [0.5, 0.6) is 17.2 Å². The Bertz CT molecular complexity index is 616. The third-order valence-electron chi connectivity index (χ3n) is 2.65. The molecule has 3 rings (SSSR count). The largest absolute Gasteiger partial charge is 0.484 e. The molecule has 0 bridgehead atoms. The molecule has 1 aliphatic rings. The number of rotatable bonds is 4. The van der Waals surface area contributed by atoms with E-state index in [1.54, 1.807) is 42.6 Å². The fourth-order valence-corrected chi connectivity index (χ4v) is 1.73. The highest BCUT2D eigenvalue weighted by atomic mass is 16.7. The molecule has 6 nitrogen and oxygen atoms in total. The van der Waals surface area contributed by atoms with Gasteiger partial charge in [0, 0.05) is 12.3 Å². The zero-order chi connectivity index (χ0) is 13.8. The minimum Gasteiger partial charge on any atom is -0.484 e. The Morgan fingerprint density at radius 3 is 3.00 bits per heavy atom. The molecule has 0 atom stereocenters. The van der Waals surface area contributed by atoms with Crippen LogP contribution in [-0.4, -0.2) is 24.3 Å². The van der Waals surface area contributed by atoms with Crippen LogP contribution in [0, 0.1) is 0 Å². The number of aromatic nitrogens is 1. The number of carbonyl (C=O) groups is 1. The second-order valence-electron chi connectivity index (χ2n) is 4.07. The number of nitrogens with one attached hydrogen (secondary N) is 1. The molecule has 0 saturated carbocycles. The molecule has 0 unspecified atom stereocenters. The Kier molecular flexibility index (Phi) is 3.36. The van der Waals surface area contributed by atoms with Crippen molar-refractivity contribution in [3.05, 3.63) is 42.6 Å². The van der Waals surface area contributed by atoms with Crippen molar-refractivity contribution >= 4 is 11.7 Å². The SMILES string of the molecule is O=C(COc1ccc2c(c1)OCO2)Nc1ccccn1. The quantitative estimate of drug-likeness (QED) is 0.919. The molecule has 1 N–H and O–H groups in total. The van der Waals surface area contributed by atoms with Crippen LogP contribution in [0.25, 0.3) is 0 Å². The van der Waals surface area contributed by atoms with E-state index < -0.39 is 0 Å². The lowest BCUT2D eigenvalue weighted by atomic mass is 10.3. The van der Waals surface area contributed by atoms with E-state index in [9.17, 15) is 4.79 Å². The molecule has 0 aliphatic carbocycles. The second kappa shape index (κ2) is 5.48. The van der Waals surface area contributed by atoms with Gasteiger partial charge in [0.15, 0.2) is 18.1 Å². The number of pyridine rings is 1. The average molecular weight is 272 g/mol. The zero-order valence-corrected chi connectivity index (χ0v) is 10.5. The Balaban J connectivity index is 1.55. The normalized spacial score (nSPS) is 12.0. The van der Waals surface area contributed by atoms with Crippen LogP contribution in [0.3, 0.4) is 0 Å². The smallest absolute Gasteiger partial charge is 0.263 e. The molecule has 2 aromatic rings. The molecule has 1 aromatic carbocycles. The molecule has 1 aliphatic heterocycles. The van der Waals surface area contributed by atoms with Crippen molar-refractivity contribution in [1.29, 1.82) is 0 Å². The fraction of sp³-hybridized carbons (Fsp3) is 0.143. The van der Waals surface area contributed by atoms with Gasteiger partial charge in [0.25, 0.3) is 5.91 Å². The molecule has 0 radical (unpaired) electrons. The highest BCUT2D eigenvalue weighted by Gasteiger charge is 2.14. The van der Waals surface area contributed by atoms with E-state index in [1.165, 1.54) is 0 Å². The monoisotopic (exact) mass is 272 g/mol. The number of hydrogen-bond acceptors (Lipinski definition) is 5. The van der Waals surface area contributed by atoms with Crippen molar-refractivity contribution in [3.63, 3.8) is 0 Å². The summed E-state index contributed by atoms with van der Waals surface area (Å²) < 4.78 is 15.8. The van der Waals surface area contributed by atoms with E-state index in [-0.39, 0.29) is 19.3 Å². The van der Waals surface area contributed by atoms with Gasteiger partial charge in [-0.3, -0.25) is 4.79 Å². The Morgan fingerprint density at radius 1 is 1.25 bits per heavy atom. The van der Waals surface area contributed by atoms with Gasteiger partial charge >= 0.3 is 0 Å². The average Bonchev–Trinajstić information content (AvgIpc) is 2.93. The minimum atomic E-state index is -0.277. The molecule has 6 heteroatoms. The van der Waals surface area contributed by atoms with Crippen LogP contribution in [0.4, 0.5) is 5.82 Å². The van der Waals surface area contributed by atoms with Crippen molar-refractivity contribution in [3.8, 4) is 17.2 Å². The molecule has 20 heavy (non-hydrogen) atoms.